The number of furan rings is 1. The molecule has 0 bridgehead atoms. The summed E-state index contributed by atoms with van der Waals surface area (Å²) in [6.07, 6.45) is 1.74. The SMILES string of the molecule is Cc1occc1C(=O)N1CC(O)CC1CN(C)C. The zero-order chi connectivity index (χ0) is 13.3. The van der Waals surface area contributed by atoms with Crippen molar-refractivity contribution in [3.05, 3.63) is 23.7 Å². The van der Waals surface area contributed by atoms with Gasteiger partial charge in [0.1, 0.15) is 5.76 Å². The predicted octanol–water partition coefficient (Wildman–Crippen LogP) is 0.725. The minimum Gasteiger partial charge on any atom is -0.469 e. The lowest BCUT2D eigenvalue weighted by Gasteiger charge is -2.26. The Morgan fingerprint density at radius 1 is 1.61 bits per heavy atom. The Hall–Kier alpha value is -1.33. The Morgan fingerprint density at radius 3 is 2.89 bits per heavy atom. The molecular weight excluding hydrogens is 232 g/mol. The van der Waals surface area contributed by atoms with Crippen LogP contribution < -0.4 is 0 Å². The van der Waals surface area contributed by atoms with Crippen LogP contribution in [0.15, 0.2) is 16.7 Å². The Kier molecular flexibility index (Phi) is 3.73. The maximum Gasteiger partial charge on any atom is 0.257 e. The summed E-state index contributed by atoms with van der Waals surface area (Å²) >= 11 is 0. The van der Waals surface area contributed by atoms with Crippen LogP contribution in [0.4, 0.5) is 0 Å². The van der Waals surface area contributed by atoms with Crippen molar-refractivity contribution in [2.24, 2.45) is 0 Å². The molecule has 1 aliphatic heterocycles. The Bertz CT molecular complexity index is 428. The highest BCUT2D eigenvalue weighted by Gasteiger charge is 2.35. The second-order valence-electron chi connectivity index (χ2n) is 5.15. The highest BCUT2D eigenvalue weighted by atomic mass is 16.3. The first kappa shape index (κ1) is 13.1. The summed E-state index contributed by atoms with van der Waals surface area (Å²) in [5, 5.41) is 9.76. The molecule has 1 amide bonds. The van der Waals surface area contributed by atoms with Gasteiger partial charge >= 0.3 is 0 Å². The van der Waals surface area contributed by atoms with Crippen molar-refractivity contribution in [2.75, 3.05) is 27.2 Å². The first-order valence-corrected chi connectivity index (χ1v) is 6.17. The van der Waals surface area contributed by atoms with Crippen molar-refractivity contribution in [1.29, 1.82) is 0 Å². The molecule has 2 unspecified atom stereocenters. The average molecular weight is 252 g/mol. The van der Waals surface area contributed by atoms with E-state index >= 15 is 0 Å². The molecule has 2 heterocycles. The van der Waals surface area contributed by atoms with Gasteiger partial charge in [-0.25, -0.2) is 0 Å². The second-order valence-corrected chi connectivity index (χ2v) is 5.15. The third-order valence-corrected chi connectivity index (χ3v) is 3.32. The van der Waals surface area contributed by atoms with Gasteiger partial charge in [-0.2, -0.15) is 0 Å². The fraction of sp³-hybridized carbons (Fsp3) is 0.615. The summed E-state index contributed by atoms with van der Waals surface area (Å²) in [4.78, 5) is 16.2. The van der Waals surface area contributed by atoms with Crippen molar-refractivity contribution in [3.63, 3.8) is 0 Å². The number of aliphatic hydroxyl groups is 1. The number of hydrogen-bond acceptors (Lipinski definition) is 4. The topological polar surface area (TPSA) is 56.9 Å². The van der Waals surface area contributed by atoms with Crippen LogP contribution in [0, 0.1) is 6.92 Å². The second kappa shape index (κ2) is 5.12. The van der Waals surface area contributed by atoms with E-state index in [9.17, 15) is 9.90 Å². The molecule has 18 heavy (non-hydrogen) atoms. The number of amides is 1. The fourth-order valence-corrected chi connectivity index (χ4v) is 2.50. The molecule has 1 aromatic rings. The zero-order valence-corrected chi connectivity index (χ0v) is 11.1. The van der Waals surface area contributed by atoms with E-state index in [0.717, 1.165) is 6.54 Å². The molecule has 0 spiro atoms. The van der Waals surface area contributed by atoms with E-state index < -0.39 is 6.10 Å². The van der Waals surface area contributed by atoms with E-state index in [0.29, 0.717) is 24.3 Å². The number of likely N-dealkylation sites (tertiary alicyclic amines) is 1. The number of carbonyl (C=O) groups is 1. The maximum absolute atomic E-state index is 12.4. The number of hydrogen-bond donors (Lipinski definition) is 1. The molecule has 0 saturated carbocycles. The van der Waals surface area contributed by atoms with Gasteiger partial charge in [0.2, 0.25) is 0 Å². The Labute approximate surface area is 107 Å². The van der Waals surface area contributed by atoms with Crippen LogP contribution in [-0.4, -0.2) is 60.1 Å². The molecule has 0 aromatic carbocycles. The molecule has 2 rings (SSSR count). The van der Waals surface area contributed by atoms with Crippen molar-refractivity contribution in [1.82, 2.24) is 9.80 Å². The van der Waals surface area contributed by atoms with E-state index in [1.807, 2.05) is 19.0 Å². The van der Waals surface area contributed by atoms with E-state index in [1.165, 1.54) is 6.26 Å². The number of likely N-dealkylation sites (N-methyl/N-ethyl adjacent to an activating group) is 1. The molecule has 100 valence electrons. The molecule has 5 heteroatoms. The van der Waals surface area contributed by atoms with Gasteiger partial charge in [0, 0.05) is 19.1 Å². The van der Waals surface area contributed by atoms with Gasteiger partial charge in [0.25, 0.3) is 5.91 Å². The number of aryl methyl sites for hydroxylation is 1. The van der Waals surface area contributed by atoms with E-state index in [4.69, 9.17) is 4.42 Å². The molecule has 2 atom stereocenters. The monoisotopic (exact) mass is 252 g/mol. The van der Waals surface area contributed by atoms with Gasteiger partial charge in [-0.3, -0.25) is 4.79 Å². The van der Waals surface area contributed by atoms with E-state index in [2.05, 4.69) is 0 Å². The van der Waals surface area contributed by atoms with Crippen LogP contribution in [0.25, 0.3) is 0 Å². The molecule has 1 fully saturated rings. The summed E-state index contributed by atoms with van der Waals surface area (Å²) in [5.74, 6) is 0.578. The van der Waals surface area contributed by atoms with Gasteiger partial charge in [0.05, 0.1) is 17.9 Å². The lowest BCUT2D eigenvalue weighted by molar-refractivity contribution is 0.0697. The molecule has 1 N–H and O–H groups in total. The standard InChI is InChI=1S/C13H20N2O3/c1-9-12(4-5-18-9)13(17)15-8-11(16)6-10(15)7-14(2)3/h4-5,10-11,16H,6-8H2,1-3H3. The normalized spacial score (nSPS) is 23.9. The first-order chi connectivity index (χ1) is 8.49. The quantitative estimate of drug-likeness (QED) is 0.861. The van der Waals surface area contributed by atoms with Crippen LogP contribution in [0.2, 0.25) is 0 Å². The molecule has 1 aliphatic rings. The average Bonchev–Trinajstić information content (AvgIpc) is 2.83. The number of carbonyl (C=O) groups excluding carboxylic acids is 1. The van der Waals surface area contributed by atoms with Gasteiger partial charge in [-0.1, -0.05) is 0 Å². The summed E-state index contributed by atoms with van der Waals surface area (Å²) in [6, 6.07) is 1.76. The van der Waals surface area contributed by atoms with Crippen molar-refractivity contribution in [2.45, 2.75) is 25.5 Å². The maximum atomic E-state index is 12.4. The number of nitrogens with zero attached hydrogens (tertiary/aromatic N) is 2. The van der Waals surface area contributed by atoms with Crippen LogP contribution in [0.1, 0.15) is 22.5 Å². The zero-order valence-electron chi connectivity index (χ0n) is 11.1. The van der Waals surface area contributed by atoms with Gasteiger partial charge < -0.3 is 19.3 Å². The molecule has 1 aromatic heterocycles. The molecule has 1 saturated heterocycles. The number of β-amino-alcohol motifs (C(OH)–C–C–N with tert-alkyl or cyclic N) is 1. The third-order valence-electron chi connectivity index (χ3n) is 3.32. The van der Waals surface area contributed by atoms with Gasteiger partial charge in [-0.05, 0) is 33.5 Å². The lowest BCUT2D eigenvalue weighted by atomic mass is 10.1. The van der Waals surface area contributed by atoms with Crippen LogP contribution in [-0.2, 0) is 0 Å². The minimum absolute atomic E-state index is 0.0512. The smallest absolute Gasteiger partial charge is 0.257 e. The van der Waals surface area contributed by atoms with Crippen molar-refractivity contribution < 1.29 is 14.3 Å². The lowest BCUT2D eigenvalue weighted by Crippen LogP contribution is -2.41. The summed E-state index contributed by atoms with van der Waals surface area (Å²) < 4.78 is 5.17. The number of aliphatic hydroxyl groups excluding tert-OH is 1. The van der Waals surface area contributed by atoms with Crippen LogP contribution in [0.5, 0.6) is 0 Å². The Balaban J connectivity index is 2.15. The van der Waals surface area contributed by atoms with E-state index in [-0.39, 0.29) is 11.9 Å². The van der Waals surface area contributed by atoms with E-state index in [1.54, 1.807) is 17.9 Å². The number of rotatable bonds is 3. The summed E-state index contributed by atoms with van der Waals surface area (Å²) in [6.45, 7) is 2.95. The van der Waals surface area contributed by atoms with Crippen molar-refractivity contribution in [3.8, 4) is 0 Å². The van der Waals surface area contributed by atoms with Crippen molar-refractivity contribution >= 4 is 5.91 Å². The van der Waals surface area contributed by atoms with Crippen LogP contribution in [0.3, 0.4) is 0 Å². The Morgan fingerprint density at radius 2 is 2.33 bits per heavy atom. The van der Waals surface area contributed by atoms with Crippen LogP contribution >= 0.6 is 0 Å². The predicted molar refractivity (Wildman–Crippen MR) is 67.4 cm³/mol. The fourth-order valence-electron chi connectivity index (χ4n) is 2.50. The summed E-state index contributed by atoms with van der Waals surface area (Å²) in [5.41, 5.74) is 0.591. The van der Waals surface area contributed by atoms with Gasteiger partial charge in [-0.15, -0.1) is 0 Å². The molecule has 0 aliphatic carbocycles. The largest absolute Gasteiger partial charge is 0.469 e. The molecule has 5 nitrogen and oxygen atoms in total. The summed E-state index contributed by atoms with van der Waals surface area (Å²) in [7, 11) is 3.94. The third kappa shape index (κ3) is 2.57. The first-order valence-electron chi connectivity index (χ1n) is 6.17. The minimum atomic E-state index is -0.425. The molecular formula is C13H20N2O3. The molecule has 0 radical (unpaired) electrons. The van der Waals surface area contributed by atoms with Gasteiger partial charge in [0.15, 0.2) is 0 Å². The highest BCUT2D eigenvalue weighted by molar-refractivity contribution is 5.95. The highest BCUT2D eigenvalue weighted by Crippen LogP contribution is 2.22.